The van der Waals surface area contributed by atoms with Crippen molar-refractivity contribution in [2.45, 2.75) is 52.5 Å². The van der Waals surface area contributed by atoms with E-state index < -0.39 is 0 Å². The minimum Gasteiger partial charge on any atom is -0.314 e. The molecule has 0 radical (unpaired) electrons. The molecule has 2 heteroatoms. The number of benzene rings is 1. The molecule has 1 aromatic carbocycles. The standard InChI is InChI=1S/C16H26BrN/c1-4-11-18-16(13(2)3)10-6-8-14-7-5-9-15(17)12-14/h5,7,9,12-13,16,18H,4,6,8,10-11H2,1-3H3. The van der Waals surface area contributed by atoms with Crippen molar-refractivity contribution in [1.29, 1.82) is 0 Å². The molecule has 1 rings (SSSR count). The van der Waals surface area contributed by atoms with E-state index in [2.05, 4.69) is 66.3 Å². The van der Waals surface area contributed by atoms with E-state index in [0.717, 1.165) is 12.5 Å². The molecule has 0 heterocycles. The molecule has 0 aromatic heterocycles. The Morgan fingerprint density at radius 1 is 1.28 bits per heavy atom. The van der Waals surface area contributed by atoms with Gasteiger partial charge >= 0.3 is 0 Å². The molecule has 0 fully saturated rings. The molecular formula is C16H26BrN. The quantitative estimate of drug-likeness (QED) is 0.727. The van der Waals surface area contributed by atoms with E-state index in [1.54, 1.807) is 0 Å². The van der Waals surface area contributed by atoms with Crippen LogP contribution in [0.1, 0.15) is 45.6 Å². The van der Waals surface area contributed by atoms with Gasteiger partial charge in [-0.2, -0.15) is 0 Å². The summed E-state index contributed by atoms with van der Waals surface area (Å²) in [7, 11) is 0. The highest BCUT2D eigenvalue weighted by molar-refractivity contribution is 9.10. The summed E-state index contributed by atoms with van der Waals surface area (Å²) in [6.45, 7) is 7.99. The number of hydrogen-bond acceptors (Lipinski definition) is 1. The minimum atomic E-state index is 0.664. The maximum Gasteiger partial charge on any atom is 0.0177 e. The zero-order chi connectivity index (χ0) is 13.4. The number of rotatable bonds is 8. The molecule has 0 saturated carbocycles. The van der Waals surface area contributed by atoms with Crippen LogP contribution < -0.4 is 5.32 Å². The van der Waals surface area contributed by atoms with Crippen LogP contribution >= 0.6 is 15.9 Å². The van der Waals surface area contributed by atoms with E-state index in [1.807, 2.05) is 0 Å². The van der Waals surface area contributed by atoms with Crippen molar-refractivity contribution >= 4 is 15.9 Å². The van der Waals surface area contributed by atoms with Gasteiger partial charge in [0.15, 0.2) is 0 Å². The third-order valence-electron chi connectivity index (χ3n) is 3.33. The van der Waals surface area contributed by atoms with Crippen LogP contribution in [0.25, 0.3) is 0 Å². The van der Waals surface area contributed by atoms with Gasteiger partial charge in [-0.1, -0.05) is 48.8 Å². The lowest BCUT2D eigenvalue weighted by molar-refractivity contribution is 0.370. The van der Waals surface area contributed by atoms with Crippen molar-refractivity contribution in [1.82, 2.24) is 5.32 Å². The van der Waals surface area contributed by atoms with Crippen LogP contribution in [0.3, 0.4) is 0 Å². The first-order valence-corrected chi connectivity index (χ1v) is 7.90. The van der Waals surface area contributed by atoms with Crippen molar-refractivity contribution in [2.24, 2.45) is 5.92 Å². The van der Waals surface area contributed by atoms with Gasteiger partial charge in [0, 0.05) is 10.5 Å². The Balaban J connectivity index is 2.34. The van der Waals surface area contributed by atoms with Crippen LogP contribution in [0.2, 0.25) is 0 Å². The fourth-order valence-corrected chi connectivity index (χ4v) is 2.67. The number of hydrogen-bond donors (Lipinski definition) is 1. The summed E-state index contributed by atoms with van der Waals surface area (Å²) in [5.74, 6) is 0.721. The summed E-state index contributed by atoms with van der Waals surface area (Å²) in [4.78, 5) is 0. The Bertz CT molecular complexity index is 336. The molecule has 0 aliphatic rings. The monoisotopic (exact) mass is 311 g/mol. The molecule has 0 aliphatic carbocycles. The second-order valence-corrected chi connectivity index (χ2v) is 6.24. The highest BCUT2D eigenvalue weighted by Gasteiger charge is 2.11. The van der Waals surface area contributed by atoms with Crippen LogP contribution in [-0.4, -0.2) is 12.6 Å². The lowest BCUT2D eigenvalue weighted by Gasteiger charge is -2.22. The summed E-state index contributed by atoms with van der Waals surface area (Å²) in [6, 6.07) is 9.31. The summed E-state index contributed by atoms with van der Waals surface area (Å²) in [5.41, 5.74) is 1.43. The first-order chi connectivity index (χ1) is 8.63. The van der Waals surface area contributed by atoms with E-state index in [1.165, 1.54) is 35.7 Å². The lowest BCUT2D eigenvalue weighted by Crippen LogP contribution is -2.34. The maximum atomic E-state index is 3.66. The van der Waals surface area contributed by atoms with E-state index in [0.29, 0.717) is 6.04 Å². The Labute approximate surface area is 120 Å². The molecule has 18 heavy (non-hydrogen) atoms. The van der Waals surface area contributed by atoms with Gasteiger partial charge in [0.2, 0.25) is 0 Å². The first kappa shape index (κ1) is 15.7. The smallest absolute Gasteiger partial charge is 0.0177 e. The van der Waals surface area contributed by atoms with Gasteiger partial charge in [-0.05, 0) is 55.8 Å². The Morgan fingerprint density at radius 2 is 2.06 bits per heavy atom. The van der Waals surface area contributed by atoms with Crippen LogP contribution in [0.5, 0.6) is 0 Å². The second kappa shape index (κ2) is 8.71. The molecular weight excluding hydrogens is 286 g/mol. The number of aryl methyl sites for hydroxylation is 1. The highest BCUT2D eigenvalue weighted by atomic mass is 79.9. The molecule has 0 amide bonds. The molecule has 1 N–H and O–H groups in total. The van der Waals surface area contributed by atoms with Gasteiger partial charge in [-0.25, -0.2) is 0 Å². The summed E-state index contributed by atoms with van der Waals surface area (Å²) >= 11 is 3.53. The predicted molar refractivity (Wildman–Crippen MR) is 84.0 cm³/mol. The molecule has 0 spiro atoms. The van der Waals surface area contributed by atoms with Crippen molar-refractivity contribution in [3.63, 3.8) is 0 Å². The van der Waals surface area contributed by atoms with E-state index in [4.69, 9.17) is 0 Å². The summed E-state index contributed by atoms with van der Waals surface area (Å²) in [5, 5.41) is 3.66. The van der Waals surface area contributed by atoms with Crippen LogP contribution in [-0.2, 0) is 6.42 Å². The molecule has 1 nitrogen and oxygen atoms in total. The normalized spacial score (nSPS) is 12.9. The third-order valence-corrected chi connectivity index (χ3v) is 3.82. The molecule has 1 atom stereocenters. The summed E-state index contributed by atoms with van der Waals surface area (Å²) in [6.07, 6.45) is 4.92. The zero-order valence-electron chi connectivity index (χ0n) is 11.9. The maximum absolute atomic E-state index is 3.66. The van der Waals surface area contributed by atoms with Crippen LogP contribution in [0.15, 0.2) is 28.7 Å². The molecule has 1 unspecified atom stereocenters. The number of halogens is 1. The molecule has 0 saturated heterocycles. The van der Waals surface area contributed by atoms with Crippen LogP contribution in [0.4, 0.5) is 0 Å². The van der Waals surface area contributed by atoms with E-state index in [9.17, 15) is 0 Å². The number of nitrogens with one attached hydrogen (secondary N) is 1. The zero-order valence-corrected chi connectivity index (χ0v) is 13.5. The molecule has 1 aromatic rings. The van der Waals surface area contributed by atoms with Crippen LogP contribution in [0, 0.1) is 5.92 Å². The van der Waals surface area contributed by atoms with Gasteiger partial charge in [-0.3, -0.25) is 0 Å². The molecule has 0 aliphatic heterocycles. The topological polar surface area (TPSA) is 12.0 Å². The minimum absolute atomic E-state index is 0.664. The SMILES string of the molecule is CCCNC(CCCc1cccc(Br)c1)C(C)C. The van der Waals surface area contributed by atoms with Crippen molar-refractivity contribution in [3.8, 4) is 0 Å². The fraction of sp³-hybridized carbons (Fsp3) is 0.625. The lowest BCUT2D eigenvalue weighted by atomic mass is 9.96. The largest absolute Gasteiger partial charge is 0.314 e. The van der Waals surface area contributed by atoms with Crippen molar-refractivity contribution in [2.75, 3.05) is 6.54 Å². The van der Waals surface area contributed by atoms with Gasteiger partial charge in [0.05, 0.1) is 0 Å². The van der Waals surface area contributed by atoms with E-state index in [-0.39, 0.29) is 0 Å². The molecule has 0 bridgehead atoms. The van der Waals surface area contributed by atoms with E-state index >= 15 is 0 Å². The fourth-order valence-electron chi connectivity index (χ4n) is 2.22. The average Bonchev–Trinajstić information content (AvgIpc) is 2.33. The Morgan fingerprint density at radius 3 is 2.67 bits per heavy atom. The first-order valence-electron chi connectivity index (χ1n) is 7.11. The Hall–Kier alpha value is -0.340. The highest BCUT2D eigenvalue weighted by Crippen LogP contribution is 2.15. The van der Waals surface area contributed by atoms with Crippen molar-refractivity contribution < 1.29 is 0 Å². The summed E-state index contributed by atoms with van der Waals surface area (Å²) < 4.78 is 1.18. The third kappa shape index (κ3) is 6.01. The van der Waals surface area contributed by atoms with Gasteiger partial charge in [0.25, 0.3) is 0 Å². The average molecular weight is 312 g/mol. The van der Waals surface area contributed by atoms with Crippen molar-refractivity contribution in [3.05, 3.63) is 34.3 Å². The van der Waals surface area contributed by atoms with Gasteiger partial charge in [0.1, 0.15) is 0 Å². The predicted octanol–water partition coefficient (Wildman–Crippen LogP) is 4.80. The second-order valence-electron chi connectivity index (χ2n) is 5.33. The van der Waals surface area contributed by atoms with Gasteiger partial charge in [-0.15, -0.1) is 0 Å². The Kier molecular flexibility index (Phi) is 7.60. The molecule has 102 valence electrons. The van der Waals surface area contributed by atoms with Gasteiger partial charge < -0.3 is 5.32 Å².